The van der Waals surface area contributed by atoms with E-state index in [-0.39, 0.29) is 10.8 Å². The van der Waals surface area contributed by atoms with Crippen LogP contribution in [0.1, 0.15) is 31.2 Å². The molecule has 2 rings (SSSR count). The third-order valence-electron chi connectivity index (χ3n) is 3.59. The predicted octanol–water partition coefficient (Wildman–Crippen LogP) is 3.44. The molecule has 1 heterocycles. The molecule has 1 fully saturated rings. The number of nitrogens with zero attached hydrogens (tertiary/aromatic N) is 1. The van der Waals surface area contributed by atoms with Crippen molar-refractivity contribution in [1.82, 2.24) is 10.2 Å². The van der Waals surface area contributed by atoms with E-state index in [1.165, 1.54) is 45.0 Å². The number of benzene rings is 1. The van der Waals surface area contributed by atoms with E-state index in [1.54, 1.807) is 6.07 Å². The summed E-state index contributed by atoms with van der Waals surface area (Å²) in [6.45, 7) is 5.35. The standard InChI is InChI=1S/C15H22ClFN2/c16-14-6-5-13(11-15(14)17)12-18-7-4-10-19-8-2-1-3-9-19/h5-6,11,18H,1-4,7-10,12H2. The van der Waals surface area contributed by atoms with Crippen molar-refractivity contribution >= 4 is 11.6 Å². The molecule has 1 aliphatic heterocycles. The van der Waals surface area contributed by atoms with Gasteiger partial charge in [-0.15, -0.1) is 0 Å². The van der Waals surface area contributed by atoms with Gasteiger partial charge < -0.3 is 10.2 Å². The average Bonchev–Trinajstić information content (AvgIpc) is 2.43. The van der Waals surface area contributed by atoms with Crippen LogP contribution in [0.4, 0.5) is 4.39 Å². The molecule has 1 aliphatic rings. The number of rotatable bonds is 6. The van der Waals surface area contributed by atoms with E-state index in [4.69, 9.17) is 11.6 Å². The van der Waals surface area contributed by atoms with Crippen molar-refractivity contribution in [3.63, 3.8) is 0 Å². The van der Waals surface area contributed by atoms with E-state index < -0.39 is 0 Å². The smallest absolute Gasteiger partial charge is 0.142 e. The van der Waals surface area contributed by atoms with E-state index in [9.17, 15) is 4.39 Å². The molecule has 4 heteroatoms. The zero-order chi connectivity index (χ0) is 13.5. The molecule has 0 aromatic heterocycles. The largest absolute Gasteiger partial charge is 0.313 e. The van der Waals surface area contributed by atoms with E-state index in [2.05, 4.69) is 10.2 Å². The average molecular weight is 285 g/mol. The van der Waals surface area contributed by atoms with Crippen LogP contribution in [0.3, 0.4) is 0 Å². The third-order valence-corrected chi connectivity index (χ3v) is 3.90. The number of hydrogen-bond acceptors (Lipinski definition) is 2. The lowest BCUT2D eigenvalue weighted by Crippen LogP contribution is -2.32. The van der Waals surface area contributed by atoms with Gasteiger partial charge in [-0.3, -0.25) is 0 Å². The second-order valence-corrected chi connectivity index (χ2v) is 5.59. The van der Waals surface area contributed by atoms with Crippen molar-refractivity contribution in [3.8, 4) is 0 Å². The lowest BCUT2D eigenvalue weighted by atomic mass is 10.1. The molecule has 1 N–H and O–H groups in total. The molecule has 2 nitrogen and oxygen atoms in total. The zero-order valence-electron chi connectivity index (χ0n) is 11.3. The summed E-state index contributed by atoms with van der Waals surface area (Å²) in [5, 5.41) is 3.54. The number of hydrogen-bond donors (Lipinski definition) is 1. The Balaban J connectivity index is 1.59. The van der Waals surface area contributed by atoms with E-state index in [0.717, 1.165) is 18.5 Å². The lowest BCUT2D eigenvalue weighted by Gasteiger charge is -2.26. The summed E-state index contributed by atoms with van der Waals surface area (Å²) in [6, 6.07) is 4.98. The van der Waals surface area contributed by atoms with Gasteiger partial charge in [0.25, 0.3) is 0 Å². The Kier molecular flexibility index (Phi) is 6.08. The SMILES string of the molecule is Fc1cc(CNCCCN2CCCCC2)ccc1Cl. The van der Waals surface area contributed by atoms with Crippen LogP contribution in [0, 0.1) is 5.82 Å². The van der Waals surface area contributed by atoms with Crippen molar-refractivity contribution in [1.29, 1.82) is 0 Å². The normalized spacial score (nSPS) is 16.7. The minimum atomic E-state index is -0.339. The molecule has 0 spiro atoms. The molecule has 0 amide bonds. The molecular formula is C15H22ClFN2. The molecule has 0 bridgehead atoms. The Labute approximate surface area is 119 Å². The summed E-state index contributed by atoms with van der Waals surface area (Å²) in [5.74, 6) is -0.339. The second kappa shape index (κ2) is 7.83. The molecule has 1 saturated heterocycles. The van der Waals surface area contributed by atoms with E-state index >= 15 is 0 Å². The van der Waals surface area contributed by atoms with Gasteiger partial charge in [0.2, 0.25) is 0 Å². The molecule has 0 atom stereocenters. The minimum Gasteiger partial charge on any atom is -0.313 e. The Bertz CT molecular complexity index is 392. The molecule has 1 aromatic carbocycles. The first-order valence-electron chi connectivity index (χ1n) is 7.13. The van der Waals surface area contributed by atoms with Crippen LogP contribution in [0.2, 0.25) is 5.02 Å². The summed E-state index contributed by atoms with van der Waals surface area (Å²) in [6.07, 6.45) is 5.22. The van der Waals surface area contributed by atoms with Crippen LogP contribution in [0.25, 0.3) is 0 Å². The first-order chi connectivity index (χ1) is 9.25. The van der Waals surface area contributed by atoms with Crippen LogP contribution < -0.4 is 5.32 Å². The maximum Gasteiger partial charge on any atom is 0.142 e. The zero-order valence-corrected chi connectivity index (χ0v) is 12.1. The maximum absolute atomic E-state index is 13.2. The van der Waals surface area contributed by atoms with Crippen LogP contribution in [0.15, 0.2) is 18.2 Å². The van der Waals surface area contributed by atoms with Crippen LogP contribution in [-0.2, 0) is 6.54 Å². The van der Waals surface area contributed by atoms with Gasteiger partial charge >= 0.3 is 0 Å². The monoisotopic (exact) mass is 284 g/mol. The fourth-order valence-corrected chi connectivity index (χ4v) is 2.61. The molecule has 0 aliphatic carbocycles. The molecule has 0 radical (unpaired) electrons. The molecule has 0 saturated carbocycles. The molecule has 0 unspecified atom stereocenters. The van der Waals surface area contributed by atoms with Crippen molar-refractivity contribution in [2.45, 2.75) is 32.2 Å². The molecule has 106 valence electrons. The highest BCUT2D eigenvalue weighted by atomic mass is 35.5. The topological polar surface area (TPSA) is 15.3 Å². The van der Waals surface area contributed by atoms with Gasteiger partial charge in [-0.05, 0) is 63.1 Å². The number of likely N-dealkylation sites (tertiary alicyclic amines) is 1. The fourth-order valence-electron chi connectivity index (χ4n) is 2.49. The van der Waals surface area contributed by atoms with Crippen molar-refractivity contribution in [2.24, 2.45) is 0 Å². The summed E-state index contributed by atoms with van der Waals surface area (Å²) >= 11 is 5.65. The van der Waals surface area contributed by atoms with Gasteiger partial charge in [-0.25, -0.2) is 4.39 Å². The summed E-state index contributed by atoms with van der Waals surface area (Å²) in [5.41, 5.74) is 0.944. The number of halogens is 2. The summed E-state index contributed by atoms with van der Waals surface area (Å²) in [7, 11) is 0. The van der Waals surface area contributed by atoms with Gasteiger partial charge in [0.15, 0.2) is 0 Å². The van der Waals surface area contributed by atoms with Crippen LogP contribution >= 0.6 is 11.6 Å². The minimum absolute atomic E-state index is 0.189. The van der Waals surface area contributed by atoms with Crippen LogP contribution in [-0.4, -0.2) is 31.1 Å². The van der Waals surface area contributed by atoms with Gasteiger partial charge in [0, 0.05) is 6.54 Å². The number of piperidine rings is 1. The Morgan fingerprint density at radius 2 is 2.00 bits per heavy atom. The Morgan fingerprint density at radius 3 is 2.74 bits per heavy atom. The fraction of sp³-hybridized carbons (Fsp3) is 0.600. The third kappa shape index (κ3) is 5.09. The van der Waals surface area contributed by atoms with Gasteiger partial charge in [-0.2, -0.15) is 0 Å². The van der Waals surface area contributed by atoms with E-state index in [0.29, 0.717) is 6.54 Å². The summed E-state index contributed by atoms with van der Waals surface area (Å²) < 4.78 is 13.2. The Hall–Kier alpha value is -0.640. The van der Waals surface area contributed by atoms with Crippen molar-refractivity contribution < 1.29 is 4.39 Å². The highest BCUT2D eigenvalue weighted by Crippen LogP contribution is 2.15. The first-order valence-corrected chi connectivity index (χ1v) is 7.50. The molecular weight excluding hydrogens is 263 g/mol. The van der Waals surface area contributed by atoms with E-state index in [1.807, 2.05) is 6.07 Å². The highest BCUT2D eigenvalue weighted by Gasteiger charge is 2.08. The predicted molar refractivity (Wildman–Crippen MR) is 78.0 cm³/mol. The highest BCUT2D eigenvalue weighted by molar-refractivity contribution is 6.30. The van der Waals surface area contributed by atoms with Gasteiger partial charge in [0.1, 0.15) is 5.82 Å². The molecule has 19 heavy (non-hydrogen) atoms. The maximum atomic E-state index is 13.2. The number of nitrogens with one attached hydrogen (secondary N) is 1. The van der Waals surface area contributed by atoms with Crippen LogP contribution in [0.5, 0.6) is 0 Å². The van der Waals surface area contributed by atoms with Crippen molar-refractivity contribution in [2.75, 3.05) is 26.2 Å². The second-order valence-electron chi connectivity index (χ2n) is 5.18. The van der Waals surface area contributed by atoms with Crippen molar-refractivity contribution in [3.05, 3.63) is 34.6 Å². The molecule has 1 aromatic rings. The van der Waals surface area contributed by atoms with Gasteiger partial charge in [0.05, 0.1) is 5.02 Å². The summed E-state index contributed by atoms with van der Waals surface area (Å²) in [4.78, 5) is 2.53. The first kappa shape index (κ1) is 14.8. The lowest BCUT2D eigenvalue weighted by molar-refractivity contribution is 0.225. The van der Waals surface area contributed by atoms with Gasteiger partial charge in [-0.1, -0.05) is 24.1 Å². The Morgan fingerprint density at radius 1 is 1.21 bits per heavy atom. The quantitative estimate of drug-likeness (QED) is 0.805.